The maximum Gasteiger partial charge on any atom is 0.243 e. The lowest BCUT2D eigenvalue weighted by atomic mass is 9.95. The molecular formula is C23H35N9O3S. The molecule has 2 N–H and O–H groups in total. The number of fused-ring (bicyclic) bond motifs is 1. The molecule has 0 bridgehead atoms. The number of likely N-dealkylation sites (tertiary alicyclic amines) is 1. The Kier molecular flexibility index (Phi) is 7.13. The van der Waals surface area contributed by atoms with Crippen LogP contribution in [0, 0.1) is 5.92 Å². The van der Waals surface area contributed by atoms with E-state index in [4.69, 9.17) is 9.72 Å². The van der Waals surface area contributed by atoms with Crippen LogP contribution in [-0.2, 0) is 10.0 Å². The Morgan fingerprint density at radius 1 is 1.25 bits per heavy atom. The highest BCUT2D eigenvalue weighted by Gasteiger charge is 2.33. The van der Waals surface area contributed by atoms with E-state index >= 15 is 0 Å². The molecule has 2 fully saturated rings. The first-order valence-electron chi connectivity index (χ1n) is 12.7. The molecule has 0 amide bonds. The first kappa shape index (κ1) is 24.9. The van der Waals surface area contributed by atoms with Gasteiger partial charge in [-0.05, 0) is 52.1 Å². The Balaban J connectivity index is 1.28. The smallest absolute Gasteiger partial charge is 0.243 e. The summed E-state index contributed by atoms with van der Waals surface area (Å²) in [7, 11) is -3.27. The molecular weight excluding hydrogens is 482 g/mol. The van der Waals surface area contributed by atoms with Crippen LogP contribution < -0.4 is 10.1 Å². The van der Waals surface area contributed by atoms with Gasteiger partial charge in [0.15, 0.2) is 5.75 Å². The number of aromatic amines is 1. The molecule has 0 aliphatic carbocycles. The van der Waals surface area contributed by atoms with Crippen LogP contribution in [0.1, 0.15) is 40.0 Å². The number of rotatable bonds is 9. The monoisotopic (exact) mass is 517 g/mol. The van der Waals surface area contributed by atoms with E-state index in [1.165, 1.54) is 0 Å². The van der Waals surface area contributed by atoms with Crippen molar-refractivity contribution in [3.8, 4) is 17.0 Å². The molecule has 12 nitrogen and oxygen atoms in total. The fourth-order valence-electron chi connectivity index (χ4n) is 4.95. The maximum absolute atomic E-state index is 12.9. The number of ether oxygens (including phenoxy) is 1. The van der Waals surface area contributed by atoms with Gasteiger partial charge in [0.1, 0.15) is 12.0 Å². The van der Waals surface area contributed by atoms with Crippen molar-refractivity contribution in [3.05, 3.63) is 18.7 Å². The van der Waals surface area contributed by atoms with Gasteiger partial charge in [-0.3, -0.25) is 5.10 Å². The minimum absolute atomic E-state index is 0.0585. The summed E-state index contributed by atoms with van der Waals surface area (Å²) in [6.07, 6.45) is 8.00. The standard InChI is InChI=1S/C23H35N9O3S/c1-16(2)35-21-20(18-12-25-26-13-18)24-15-32-22(21)28-23(29-32)27-19-6-9-31(14-17(19)3)36(33,34)11-10-30-7-4-5-8-30/h12-13,15-17,19H,4-11,14H2,1-3H3,(H,25,26)(H,27,29)/t17-,19?/m1/s1. The zero-order valence-corrected chi connectivity index (χ0v) is 21.9. The molecule has 2 aliphatic rings. The summed E-state index contributed by atoms with van der Waals surface area (Å²) in [6, 6.07) is 0.0585. The Labute approximate surface area is 211 Å². The predicted octanol–water partition coefficient (Wildman–Crippen LogP) is 1.85. The van der Waals surface area contributed by atoms with Crippen LogP contribution in [0.2, 0.25) is 0 Å². The number of nitrogens with zero attached hydrogens (tertiary/aromatic N) is 7. The van der Waals surface area contributed by atoms with Crippen molar-refractivity contribution in [2.24, 2.45) is 5.92 Å². The first-order chi connectivity index (χ1) is 17.3. The van der Waals surface area contributed by atoms with Crippen molar-refractivity contribution in [1.29, 1.82) is 0 Å². The molecule has 0 spiro atoms. The number of hydrogen-bond donors (Lipinski definition) is 2. The van der Waals surface area contributed by atoms with Crippen molar-refractivity contribution in [2.75, 3.05) is 43.8 Å². The molecule has 0 saturated carbocycles. The van der Waals surface area contributed by atoms with E-state index in [2.05, 4.69) is 37.4 Å². The zero-order valence-electron chi connectivity index (χ0n) is 21.1. The molecule has 2 saturated heterocycles. The lowest BCUT2D eigenvalue weighted by molar-refractivity contribution is 0.244. The fourth-order valence-corrected chi connectivity index (χ4v) is 6.54. The summed E-state index contributed by atoms with van der Waals surface area (Å²) < 4.78 is 35.2. The third-order valence-corrected chi connectivity index (χ3v) is 8.73. The number of hydrogen-bond acceptors (Lipinski definition) is 9. The van der Waals surface area contributed by atoms with Crippen LogP contribution in [0.25, 0.3) is 16.9 Å². The second kappa shape index (κ2) is 10.3. The molecule has 5 rings (SSSR count). The minimum atomic E-state index is -3.27. The highest BCUT2D eigenvalue weighted by atomic mass is 32.2. The number of H-pyrrole nitrogens is 1. The Morgan fingerprint density at radius 2 is 2.06 bits per heavy atom. The third kappa shape index (κ3) is 5.32. The lowest BCUT2D eigenvalue weighted by Gasteiger charge is -2.36. The van der Waals surface area contributed by atoms with Gasteiger partial charge in [0.25, 0.3) is 0 Å². The molecule has 1 unspecified atom stereocenters. The Bertz CT molecular complexity index is 1270. The molecule has 2 atom stereocenters. The van der Waals surface area contributed by atoms with Crippen molar-refractivity contribution >= 4 is 21.6 Å². The number of sulfonamides is 1. The molecule has 13 heteroatoms. The van der Waals surface area contributed by atoms with E-state index in [0.717, 1.165) is 31.5 Å². The number of piperidine rings is 1. The van der Waals surface area contributed by atoms with Gasteiger partial charge in [-0.25, -0.2) is 17.7 Å². The van der Waals surface area contributed by atoms with E-state index in [0.29, 0.717) is 49.1 Å². The van der Waals surface area contributed by atoms with Crippen LogP contribution in [0.5, 0.6) is 5.75 Å². The minimum Gasteiger partial charge on any atom is -0.485 e. The third-order valence-electron chi connectivity index (χ3n) is 6.91. The van der Waals surface area contributed by atoms with Crippen LogP contribution in [0.15, 0.2) is 18.7 Å². The molecule has 0 aromatic carbocycles. The van der Waals surface area contributed by atoms with Crippen molar-refractivity contribution in [2.45, 2.75) is 52.2 Å². The van der Waals surface area contributed by atoms with E-state index in [1.807, 2.05) is 13.8 Å². The van der Waals surface area contributed by atoms with Gasteiger partial charge in [-0.1, -0.05) is 6.92 Å². The average Bonchev–Trinajstić information content (AvgIpc) is 3.61. The van der Waals surface area contributed by atoms with E-state index in [9.17, 15) is 8.42 Å². The zero-order chi connectivity index (χ0) is 25.3. The predicted molar refractivity (Wildman–Crippen MR) is 136 cm³/mol. The number of aromatic nitrogens is 6. The summed E-state index contributed by atoms with van der Waals surface area (Å²) in [4.78, 5) is 11.5. The summed E-state index contributed by atoms with van der Waals surface area (Å²) >= 11 is 0. The lowest BCUT2D eigenvalue weighted by Crippen LogP contribution is -2.49. The van der Waals surface area contributed by atoms with Gasteiger partial charge in [-0.2, -0.15) is 14.6 Å². The number of anilines is 1. The largest absolute Gasteiger partial charge is 0.485 e. The van der Waals surface area contributed by atoms with Crippen LogP contribution >= 0.6 is 0 Å². The quantitative estimate of drug-likeness (QED) is 0.436. The summed E-state index contributed by atoms with van der Waals surface area (Å²) in [5, 5.41) is 14.8. The molecule has 5 heterocycles. The fraction of sp³-hybridized carbons (Fsp3) is 0.652. The Hall–Kier alpha value is -2.77. The van der Waals surface area contributed by atoms with Gasteiger partial charge in [-0.15, -0.1) is 5.10 Å². The molecule has 3 aromatic rings. The molecule has 36 heavy (non-hydrogen) atoms. The van der Waals surface area contributed by atoms with Crippen LogP contribution in [0.4, 0.5) is 5.95 Å². The molecule has 3 aromatic heterocycles. The van der Waals surface area contributed by atoms with E-state index in [1.54, 1.807) is 27.5 Å². The van der Waals surface area contributed by atoms with Gasteiger partial charge in [0.2, 0.25) is 21.6 Å². The highest BCUT2D eigenvalue weighted by molar-refractivity contribution is 7.89. The molecule has 0 radical (unpaired) electrons. The van der Waals surface area contributed by atoms with Crippen LogP contribution in [0.3, 0.4) is 0 Å². The topological polar surface area (TPSA) is 134 Å². The average molecular weight is 518 g/mol. The first-order valence-corrected chi connectivity index (χ1v) is 14.3. The molecule has 2 aliphatic heterocycles. The van der Waals surface area contributed by atoms with Crippen LogP contribution in [-0.4, -0.2) is 98.0 Å². The van der Waals surface area contributed by atoms with Crippen molar-refractivity contribution < 1.29 is 13.2 Å². The van der Waals surface area contributed by atoms with Gasteiger partial charge < -0.3 is 15.0 Å². The van der Waals surface area contributed by atoms with E-state index < -0.39 is 10.0 Å². The molecule has 196 valence electrons. The SMILES string of the molecule is CC(C)Oc1c(-c2cn[nH]c2)ncn2nc(NC3CCN(S(=O)(=O)CCN4CCCC4)C[C@H]3C)nc12. The maximum atomic E-state index is 12.9. The van der Waals surface area contributed by atoms with Gasteiger partial charge >= 0.3 is 0 Å². The van der Waals surface area contributed by atoms with Crippen molar-refractivity contribution in [3.63, 3.8) is 0 Å². The summed E-state index contributed by atoms with van der Waals surface area (Å²) in [6.45, 7) is 9.59. The van der Waals surface area contributed by atoms with Gasteiger partial charge in [0, 0.05) is 37.4 Å². The van der Waals surface area contributed by atoms with Gasteiger partial charge in [0.05, 0.1) is 18.1 Å². The van der Waals surface area contributed by atoms with E-state index in [-0.39, 0.29) is 23.8 Å². The second-order valence-electron chi connectivity index (χ2n) is 10.0. The normalized spacial score (nSPS) is 22.0. The van der Waals surface area contributed by atoms with Crippen molar-refractivity contribution in [1.82, 2.24) is 39.0 Å². The Morgan fingerprint density at radius 3 is 2.75 bits per heavy atom. The second-order valence-corrected chi connectivity index (χ2v) is 12.1. The highest BCUT2D eigenvalue weighted by Crippen LogP contribution is 2.32. The summed E-state index contributed by atoms with van der Waals surface area (Å²) in [5.74, 6) is 1.31. The summed E-state index contributed by atoms with van der Waals surface area (Å²) in [5.41, 5.74) is 2.01. The number of nitrogens with one attached hydrogen (secondary N) is 2.